The predicted molar refractivity (Wildman–Crippen MR) is 127 cm³/mol. The van der Waals surface area contributed by atoms with E-state index < -0.39 is 16.1 Å². The fourth-order valence-electron chi connectivity index (χ4n) is 3.39. The molecule has 0 bridgehead atoms. The maximum Gasteiger partial charge on any atom is 0.241 e. The fraction of sp³-hybridized carbons (Fsp3) is 0.130. The first kappa shape index (κ1) is 21.9. The van der Waals surface area contributed by atoms with Gasteiger partial charge >= 0.3 is 0 Å². The Morgan fingerprint density at radius 1 is 1.12 bits per heavy atom. The minimum absolute atomic E-state index is 0.0104. The molecule has 164 valence electrons. The molecular weight excluding hydrogens is 444 g/mol. The lowest BCUT2D eigenvalue weighted by atomic mass is 10.0. The zero-order chi connectivity index (χ0) is 22.7. The number of nitrogens with one attached hydrogen (secondary N) is 1. The van der Waals surface area contributed by atoms with Crippen LogP contribution in [0, 0.1) is 6.92 Å². The van der Waals surface area contributed by atoms with Gasteiger partial charge in [0.1, 0.15) is 5.01 Å². The van der Waals surface area contributed by atoms with Gasteiger partial charge < -0.3 is 10.9 Å². The molecule has 4 aromatic rings. The van der Waals surface area contributed by atoms with Crippen molar-refractivity contribution < 1.29 is 13.6 Å². The summed E-state index contributed by atoms with van der Waals surface area (Å²) in [5, 5.41) is 12.7. The molecule has 0 saturated carbocycles. The van der Waals surface area contributed by atoms with Crippen molar-refractivity contribution in [3.05, 3.63) is 94.5 Å². The van der Waals surface area contributed by atoms with E-state index in [4.69, 9.17) is 15.9 Å². The Labute approximate surface area is 190 Å². The van der Waals surface area contributed by atoms with E-state index in [1.54, 1.807) is 48.5 Å². The zero-order valence-corrected chi connectivity index (χ0v) is 18.9. The van der Waals surface area contributed by atoms with Gasteiger partial charge in [-0.15, -0.1) is 11.3 Å². The lowest BCUT2D eigenvalue weighted by molar-refractivity contribution is 0.318. The van der Waals surface area contributed by atoms with Crippen LogP contribution in [-0.4, -0.2) is 24.4 Å². The first-order valence-corrected chi connectivity index (χ1v) is 12.2. The van der Waals surface area contributed by atoms with Gasteiger partial charge in [-0.2, -0.15) is 0 Å². The number of fused-ring (bicyclic) bond motifs is 1. The number of hydrogen-bond acceptors (Lipinski definition) is 6. The van der Waals surface area contributed by atoms with Crippen LogP contribution in [0.2, 0.25) is 0 Å². The van der Waals surface area contributed by atoms with Crippen molar-refractivity contribution in [1.29, 1.82) is 0 Å². The van der Waals surface area contributed by atoms with Crippen LogP contribution < -0.4 is 10.5 Å². The summed E-state index contributed by atoms with van der Waals surface area (Å²) < 4.78 is 30.0. The Morgan fingerprint density at radius 2 is 1.91 bits per heavy atom. The van der Waals surface area contributed by atoms with E-state index in [0.717, 1.165) is 21.3 Å². The monoisotopic (exact) mass is 466 g/mol. The molecule has 3 aromatic carbocycles. The third kappa shape index (κ3) is 4.80. The summed E-state index contributed by atoms with van der Waals surface area (Å²) in [6.45, 7) is 1.99. The van der Waals surface area contributed by atoms with Gasteiger partial charge in [0.15, 0.2) is 5.84 Å². The van der Waals surface area contributed by atoms with Crippen molar-refractivity contribution in [2.45, 2.75) is 24.3 Å². The third-order valence-corrected chi connectivity index (χ3v) is 7.62. The molecule has 0 aliphatic carbocycles. The summed E-state index contributed by atoms with van der Waals surface area (Å²) >= 11 is 1.46. The summed E-state index contributed by atoms with van der Waals surface area (Å²) in [7, 11) is -3.78. The van der Waals surface area contributed by atoms with E-state index in [1.807, 2.05) is 31.2 Å². The Morgan fingerprint density at radius 3 is 2.66 bits per heavy atom. The number of thiazole rings is 1. The van der Waals surface area contributed by atoms with E-state index in [-0.39, 0.29) is 10.7 Å². The van der Waals surface area contributed by atoms with Crippen LogP contribution in [-0.2, 0) is 16.4 Å². The van der Waals surface area contributed by atoms with Crippen molar-refractivity contribution in [1.82, 2.24) is 9.71 Å². The maximum absolute atomic E-state index is 13.1. The largest absolute Gasteiger partial charge is 0.409 e. The molecule has 0 aliphatic rings. The van der Waals surface area contributed by atoms with Crippen LogP contribution >= 0.6 is 11.3 Å². The standard InChI is InChI=1S/C23H22N4O3S2/c1-15-10-11-21-19(12-15)25-23(31-21)20(27-32(29,30)18-8-3-2-4-9-18)14-16-6-5-7-17(13-16)22(24)26-28/h2-13,20,27-28H,14H2,1H3,(H2,24,26). The number of aromatic nitrogens is 1. The normalized spacial score (nSPS) is 13.3. The molecule has 0 aliphatic heterocycles. The molecule has 0 spiro atoms. The highest BCUT2D eigenvalue weighted by Gasteiger charge is 2.25. The fourth-order valence-corrected chi connectivity index (χ4v) is 5.68. The molecule has 9 heteroatoms. The number of oxime groups is 1. The van der Waals surface area contributed by atoms with Gasteiger partial charge in [0, 0.05) is 5.56 Å². The van der Waals surface area contributed by atoms with Crippen LogP contribution in [0.5, 0.6) is 0 Å². The molecule has 7 nitrogen and oxygen atoms in total. The van der Waals surface area contributed by atoms with Crippen molar-refractivity contribution in [3.8, 4) is 0 Å². The second-order valence-electron chi connectivity index (χ2n) is 7.40. The second kappa shape index (κ2) is 9.07. The van der Waals surface area contributed by atoms with Crippen LogP contribution in [0.3, 0.4) is 0 Å². The molecule has 4 rings (SSSR count). The van der Waals surface area contributed by atoms with Crippen LogP contribution in [0.1, 0.15) is 27.7 Å². The van der Waals surface area contributed by atoms with E-state index >= 15 is 0 Å². The average Bonchev–Trinajstić information content (AvgIpc) is 3.22. The van der Waals surface area contributed by atoms with Gasteiger partial charge in [-0.05, 0) is 54.8 Å². The lowest BCUT2D eigenvalue weighted by Gasteiger charge is -2.17. The molecule has 1 aromatic heterocycles. The summed E-state index contributed by atoms with van der Waals surface area (Å²) in [6.07, 6.45) is 0.345. The number of nitrogens with zero attached hydrogens (tertiary/aromatic N) is 2. The first-order chi connectivity index (χ1) is 15.4. The Hall–Kier alpha value is -3.27. The van der Waals surface area contributed by atoms with Gasteiger partial charge in [-0.3, -0.25) is 0 Å². The minimum Gasteiger partial charge on any atom is -0.409 e. The van der Waals surface area contributed by atoms with Crippen molar-refractivity contribution >= 4 is 37.4 Å². The summed E-state index contributed by atoms with van der Waals surface area (Å²) in [5.74, 6) is -0.0104. The Kier molecular flexibility index (Phi) is 6.22. The number of benzene rings is 3. The van der Waals surface area contributed by atoms with E-state index in [1.165, 1.54) is 11.3 Å². The number of aryl methyl sites for hydroxylation is 1. The van der Waals surface area contributed by atoms with Gasteiger partial charge in [0.2, 0.25) is 10.0 Å². The number of rotatable bonds is 7. The molecule has 0 amide bonds. The van der Waals surface area contributed by atoms with Crippen LogP contribution in [0.25, 0.3) is 10.2 Å². The SMILES string of the molecule is Cc1ccc2sc(C(Cc3cccc(C(N)=NO)c3)NS(=O)(=O)c3ccccc3)nc2c1. The summed E-state index contributed by atoms with van der Waals surface area (Å²) in [5.41, 5.74) is 9.02. The maximum atomic E-state index is 13.1. The van der Waals surface area contributed by atoms with Crippen molar-refractivity contribution in [2.24, 2.45) is 10.9 Å². The molecule has 1 heterocycles. The molecular formula is C23H22N4O3S2. The van der Waals surface area contributed by atoms with E-state index in [9.17, 15) is 8.42 Å². The van der Waals surface area contributed by atoms with E-state index in [2.05, 4.69) is 9.88 Å². The minimum atomic E-state index is -3.78. The molecule has 0 saturated heterocycles. The van der Waals surface area contributed by atoms with Crippen LogP contribution in [0.15, 0.2) is 82.8 Å². The number of nitrogens with two attached hydrogens (primary N) is 1. The summed E-state index contributed by atoms with van der Waals surface area (Å²) in [4.78, 5) is 4.91. The molecule has 1 unspecified atom stereocenters. The first-order valence-electron chi connectivity index (χ1n) is 9.87. The van der Waals surface area contributed by atoms with Gasteiger partial charge in [0.05, 0.1) is 21.2 Å². The van der Waals surface area contributed by atoms with Gasteiger partial charge in [0.25, 0.3) is 0 Å². The number of sulfonamides is 1. The number of hydrogen-bond donors (Lipinski definition) is 3. The summed E-state index contributed by atoms with van der Waals surface area (Å²) in [6, 6.07) is 20.8. The van der Waals surface area contributed by atoms with Crippen molar-refractivity contribution in [3.63, 3.8) is 0 Å². The Bertz CT molecular complexity index is 1380. The predicted octanol–water partition coefficient (Wildman–Crippen LogP) is 3.96. The quantitative estimate of drug-likeness (QED) is 0.165. The highest BCUT2D eigenvalue weighted by atomic mass is 32.2. The molecule has 0 fully saturated rings. The third-order valence-electron chi connectivity index (χ3n) is 4.98. The smallest absolute Gasteiger partial charge is 0.241 e. The molecule has 32 heavy (non-hydrogen) atoms. The van der Waals surface area contributed by atoms with Crippen molar-refractivity contribution in [2.75, 3.05) is 0 Å². The molecule has 0 radical (unpaired) electrons. The van der Waals surface area contributed by atoms with Gasteiger partial charge in [-0.1, -0.05) is 47.6 Å². The molecule has 4 N–H and O–H groups in total. The zero-order valence-electron chi connectivity index (χ0n) is 17.3. The highest BCUT2D eigenvalue weighted by Crippen LogP contribution is 2.30. The topological polar surface area (TPSA) is 118 Å². The van der Waals surface area contributed by atoms with E-state index in [0.29, 0.717) is 17.0 Å². The lowest BCUT2D eigenvalue weighted by Crippen LogP contribution is -2.30. The van der Waals surface area contributed by atoms with Crippen LogP contribution in [0.4, 0.5) is 0 Å². The average molecular weight is 467 g/mol. The second-order valence-corrected chi connectivity index (χ2v) is 10.2. The highest BCUT2D eigenvalue weighted by molar-refractivity contribution is 7.89. The number of amidine groups is 1. The van der Waals surface area contributed by atoms with Gasteiger partial charge in [-0.25, -0.2) is 18.1 Å². The Balaban J connectivity index is 1.74. The molecule has 1 atom stereocenters.